The average Bonchev–Trinajstić information content (AvgIpc) is 2.35. The fraction of sp³-hybridized carbons (Fsp3) is 0.385. The van der Waals surface area contributed by atoms with Crippen molar-refractivity contribution in [2.75, 3.05) is 18.0 Å². The quantitative estimate of drug-likeness (QED) is 0.800. The van der Waals surface area contributed by atoms with Crippen molar-refractivity contribution in [3.63, 3.8) is 0 Å². The van der Waals surface area contributed by atoms with Gasteiger partial charge in [0.2, 0.25) is 0 Å². The maximum Gasteiger partial charge on any atom is 0.124 e. The van der Waals surface area contributed by atoms with Crippen molar-refractivity contribution in [2.24, 2.45) is 5.92 Å². The first kappa shape index (κ1) is 13.0. The molecule has 0 spiro atoms. The van der Waals surface area contributed by atoms with Crippen LogP contribution >= 0.6 is 0 Å². The zero-order valence-corrected chi connectivity index (χ0v) is 9.94. The minimum Gasteiger partial charge on any atom is -0.369 e. The number of nitriles is 2. The van der Waals surface area contributed by atoms with Gasteiger partial charge in [0.25, 0.3) is 0 Å². The van der Waals surface area contributed by atoms with E-state index in [4.69, 9.17) is 10.5 Å². The third-order valence-corrected chi connectivity index (χ3v) is 2.52. The Balaban J connectivity index is 3.05. The lowest BCUT2D eigenvalue weighted by atomic mass is 10.1. The Bertz CT molecular complexity index is 471. The summed E-state index contributed by atoms with van der Waals surface area (Å²) in [4.78, 5) is 1.91. The van der Waals surface area contributed by atoms with Crippen molar-refractivity contribution in [1.29, 1.82) is 10.5 Å². The van der Waals surface area contributed by atoms with Crippen LogP contribution in [-0.2, 0) is 0 Å². The van der Waals surface area contributed by atoms with E-state index in [1.54, 1.807) is 6.07 Å². The van der Waals surface area contributed by atoms with Crippen LogP contribution in [0.1, 0.15) is 19.4 Å². The molecule has 0 fully saturated rings. The maximum absolute atomic E-state index is 13.0. The van der Waals surface area contributed by atoms with Crippen LogP contribution in [0.4, 0.5) is 10.1 Å². The molecule has 0 heterocycles. The Hall–Kier alpha value is -2.07. The van der Waals surface area contributed by atoms with Crippen molar-refractivity contribution in [3.05, 3.63) is 29.6 Å². The molecule has 0 amide bonds. The van der Waals surface area contributed by atoms with Crippen LogP contribution in [0.2, 0.25) is 0 Å². The van der Waals surface area contributed by atoms with E-state index in [2.05, 4.69) is 6.07 Å². The summed E-state index contributed by atoms with van der Waals surface area (Å²) in [5, 5.41) is 17.8. The lowest BCUT2D eigenvalue weighted by Crippen LogP contribution is -2.28. The van der Waals surface area contributed by atoms with Crippen molar-refractivity contribution in [1.82, 2.24) is 0 Å². The summed E-state index contributed by atoms with van der Waals surface area (Å²) in [6, 6.07) is 8.26. The van der Waals surface area contributed by atoms with E-state index in [0.717, 1.165) is 0 Å². The third kappa shape index (κ3) is 3.19. The molecule has 0 aromatic heterocycles. The van der Waals surface area contributed by atoms with Crippen molar-refractivity contribution in [2.45, 2.75) is 13.8 Å². The summed E-state index contributed by atoms with van der Waals surface area (Å²) in [5.74, 6) is -0.554. The largest absolute Gasteiger partial charge is 0.369 e. The summed E-state index contributed by atoms with van der Waals surface area (Å²) in [6.45, 7) is 4.96. The van der Waals surface area contributed by atoms with Crippen molar-refractivity contribution in [3.8, 4) is 12.1 Å². The van der Waals surface area contributed by atoms with E-state index < -0.39 is 5.82 Å². The average molecular weight is 231 g/mol. The van der Waals surface area contributed by atoms with E-state index >= 15 is 0 Å². The highest BCUT2D eigenvalue weighted by molar-refractivity contribution is 5.59. The van der Waals surface area contributed by atoms with Gasteiger partial charge in [0.1, 0.15) is 11.9 Å². The van der Waals surface area contributed by atoms with Crippen LogP contribution in [0, 0.1) is 34.4 Å². The molecule has 0 aliphatic rings. The van der Waals surface area contributed by atoms with Crippen molar-refractivity contribution < 1.29 is 4.39 Å². The standard InChI is InChI=1S/C13H14FN3/c1-3-17(9-10(2)7-15)13-5-4-12(14)6-11(13)8-16/h4-6,10H,3,9H2,1-2H3. The molecule has 4 heteroatoms. The van der Waals surface area contributed by atoms with E-state index in [-0.39, 0.29) is 5.92 Å². The normalized spacial score (nSPS) is 11.4. The maximum atomic E-state index is 13.0. The molecule has 1 rings (SSSR count). The zero-order chi connectivity index (χ0) is 12.8. The number of nitrogens with zero attached hydrogens (tertiary/aromatic N) is 3. The molecule has 1 aromatic rings. The van der Waals surface area contributed by atoms with Gasteiger partial charge in [-0.2, -0.15) is 10.5 Å². The predicted molar refractivity (Wildman–Crippen MR) is 63.8 cm³/mol. The second-order valence-electron chi connectivity index (χ2n) is 3.84. The smallest absolute Gasteiger partial charge is 0.124 e. The topological polar surface area (TPSA) is 50.8 Å². The molecule has 0 saturated carbocycles. The molecule has 0 N–H and O–H groups in total. The molecule has 0 aliphatic heterocycles. The van der Waals surface area contributed by atoms with Crippen LogP contribution in [-0.4, -0.2) is 13.1 Å². The Kier molecular flexibility index (Phi) is 4.48. The summed E-state index contributed by atoms with van der Waals surface area (Å²) in [5.41, 5.74) is 0.982. The number of hydrogen-bond donors (Lipinski definition) is 0. The highest BCUT2D eigenvalue weighted by Gasteiger charge is 2.13. The monoisotopic (exact) mass is 231 g/mol. The minimum absolute atomic E-state index is 0.133. The molecule has 0 aliphatic carbocycles. The summed E-state index contributed by atoms with van der Waals surface area (Å²) >= 11 is 0. The second kappa shape index (κ2) is 5.86. The van der Waals surface area contributed by atoms with Gasteiger partial charge in [-0.1, -0.05) is 0 Å². The Labute approximate surface area is 101 Å². The first-order chi connectivity index (χ1) is 8.12. The molecule has 3 nitrogen and oxygen atoms in total. The lowest BCUT2D eigenvalue weighted by molar-refractivity contribution is 0.626. The molecule has 88 valence electrons. The van der Waals surface area contributed by atoms with Crippen LogP contribution in [0.15, 0.2) is 18.2 Å². The number of halogens is 1. The molecule has 1 atom stereocenters. The SMILES string of the molecule is CCN(CC(C)C#N)c1ccc(F)cc1C#N. The van der Waals surface area contributed by atoms with Gasteiger partial charge in [-0.15, -0.1) is 0 Å². The van der Waals surface area contributed by atoms with E-state index in [1.165, 1.54) is 12.1 Å². The van der Waals surface area contributed by atoms with E-state index in [1.807, 2.05) is 24.8 Å². The Morgan fingerprint density at radius 2 is 2.12 bits per heavy atom. The van der Waals surface area contributed by atoms with Gasteiger partial charge in [-0.05, 0) is 32.0 Å². The van der Waals surface area contributed by atoms with Crippen LogP contribution in [0.5, 0.6) is 0 Å². The number of anilines is 1. The lowest BCUT2D eigenvalue weighted by Gasteiger charge is -2.25. The van der Waals surface area contributed by atoms with Gasteiger partial charge in [0.05, 0.1) is 23.2 Å². The van der Waals surface area contributed by atoms with Crippen molar-refractivity contribution >= 4 is 5.69 Å². The summed E-state index contributed by atoms with van der Waals surface area (Å²) in [6.07, 6.45) is 0. The molecular formula is C13H14FN3. The van der Waals surface area contributed by atoms with Gasteiger partial charge < -0.3 is 4.90 Å². The van der Waals surface area contributed by atoms with Gasteiger partial charge in [0.15, 0.2) is 0 Å². The number of rotatable bonds is 4. The van der Waals surface area contributed by atoms with Gasteiger partial charge in [0, 0.05) is 13.1 Å². The Morgan fingerprint density at radius 1 is 1.41 bits per heavy atom. The zero-order valence-electron chi connectivity index (χ0n) is 9.94. The molecule has 1 unspecified atom stereocenters. The molecule has 1 aromatic carbocycles. The van der Waals surface area contributed by atoms with E-state index in [0.29, 0.717) is 24.3 Å². The first-order valence-electron chi connectivity index (χ1n) is 5.46. The second-order valence-corrected chi connectivity index (χ2v) is 3.84. The van der Waals surface area contributed by atoms with Gasteiger partial charge in [-0.25, -0.2) is 4.39 Å². The molecule has 0 saturated heterocycles. The fourth-order valence-electron chi connectivity index (χ4n) is 1.64. The van der Waals surface area contributed by atoms with Crippen LogP contribution < -0.4 is 4.90 Å². The third-order valence-electron chi connectivity index (χ3n) is 2.52. The van der Waals surface area contributed by atoms with Gasteiger partial charge in [-0.3, -0.25) is 0 Å². The number of hydrogen-bond acceptors (Lipinski definition) is 3. The molecule has 0 radical (unpaired) electrons. The van der Waals surface area contributed by atoms with Crippen LogP contribution in [0.3, 0.4) is 0 Å². The highest BCUT2D eigenvalue weighted by Crippen LogP contribution is 2.21. The highest BCUT2D eigenvalue weighted by atomic mass is 19.1. The predicted octanol–water partition coefficient (Wildman–Crippen LogP) is 2.68. The molecule has 17 heavy (non-hydrogen) atoms. The summed E-state index contributed by atoms with van der Waals surface area (Å²) in [7, 11) is 0. The van der Waals surface area contributed by atoms with E-state index in [9.17, 15) is 4.39 Å². The molecule has 0 bridgehead atoms. The van der Waals surface area contributed by atoms with Gasteiger partial charge >= 0.3 is 0 Å². The summed E-state index contributed by atoms with van der Waals surface area (Å²) < 4.78 is 13.0. The minimum atomic E-state index is -0.422. The fourth-order valence-corrected chi connectivity index (χ4v) is 1.64. The first-order valence-corrected chi connectivity index (χ1v) is 5.46. The van der Waals surface area contributed by atoms with Crippen LogP contribution in [0.25, 0.3) is 0 Å². The molecular weight excluding hydrogens is 217 g/mol. The number of benzene rings is 1. The Morgan fingerprint density at radius 3 is 2.65 bits per heavy atom.